The van der Waals surface area contributed by atoms with Crippen LogP contribution in [0.1, 0.15) is 26.3 Å². The summed E-state index contributed by atoms with van der Waals surface area (Å²) in [6, 6.07) is 27.2. The van der Waals surface area contributed by atoms with Crippen LogP contribution in [-0.4, -0.2) is 18.4 Å². The summed E-state index contributed by atoms with van der Waals surface area (Å²) < 4.78 is 11.1. The molecule has 0 saturated heterocycles. The van der Waals surface area contributed by atoms with Gasteiger partial charge in [0.05, 0.1) is 0 Å². The molecule has 4 aromatic carbocycles. The summed E-state index contributed by atoms with van der Waals surface area (Å²) in [5, 5.41) is 2.43. The highest BCUT2D eigenvalue weighted by atomic mass is 35.5. The first-order valence-corrected chi connectivity index (χ1v) is 10.1. The third-order valence-corrected chi connectivity index (χ3v) is 5.09. The highest BCUT2D eigenvalue weighted by Gasteiger charge is 2.17. The number of fused-ring (bicyclic) bond motifs is 1. The van der Waals surface area contributed by atoms with Crippen LogP contribution >= 0.6 is 11.6 Å². The smallest absolute Gasteiger partial charge is 0.342 e. The fourth-order valence-electron chi connectivity index (χ4n) is 3.26. The standard InChI is InChI=1S/C26H19ClO4/c27-20-14-12-18(13-15-20)16-30-25-11-4-3-9-23(25)26(29)31-17-24(28)22-10-5-7-19-6-1-2-8-21(19)22/h1-15H,16-17H2. The van der Waals surface area contributed by atoms with Gasteiger partial charge >= 0.3 is 5.97 Å². The van der Waals surface area contributed by atoms with Gasteiger partial charge in [-0.05, 0) is 40.6 Å². The maximum absolute atomic E-state index is 12.7. The van der Waals surface area contributed by atoms with Gasteiger partial charge in [-0.15, -0.1) is 0 Å². The number of para-hydroxylation sites is 1. The lowest BCUT2D eigenvalue weighted by Gasteiger charge is -2.12. The molecule has 0 fully saturated rings. The zero-order chi connectivity index (χ0) is 21.6. The molecule has 31 heavy (non-hydrogen) atoms. The number of hydrogen-bond donors (Lipinski definition) is 0. The second kappa shape index (κ2) is 9.45. The summed E-state index contributed by atoms with van der Waals surface area (Å²) >= 11 is 5.90. The Bertz CT molecular complexity index is 1230. The number of Topliss-reactive ketones (excluding diaryl/α,β-unsaturated/α-hetero) is 1. The molecule has 0 spiro atoms. The molecular formula is C26H19ClO4. The first kappa shape index (κ1) is 20.6. The summed E-state index contributed by atoms with van der Waals surface area (Å²) in [6.45, 7) is -0.0746. The van der Waals surface area contributed by atoms with E-state index in [9.17, 15) is 9.59 Å². The average Bonchev–Trinajstić information content (AvgIpc) is 2.82. The predicted octanol–water partition coefficient (Wildman–Crippen LogP) is 6.11. The third kappa shape index (κ3) is 4.93. The second-order valence-corrected chi connectivity index (χ2v) is 7.37. The van der Waals surface area contributed by atoms with E-state index in [0.29, 0.717) is 16.3 Å². The molecule has 5 heteroatoms. The number of hydrogen-bond acceptors (Lipinski definition) is 4. The van der Waals surface area contributed by atoms with Gasteiger partial charge in [0.25, 0.3) is 0 Å². The molecule has 0 aliphatic rings. The average molecular weight is 431 g/mol. The van der Waals surface area contributed by atoms with E-state index in [1.165, 1.54) is 0 Å². The molecule has 0 aliphatic heterocycles. The van der Waals surface area contributed by atoms with Crippen LogP contribution in [0.15, 0.2) is 91.0 Å². The van der Waals surface area contributed by atoms with Gasteiger partial charge in [0, 0.05) is 10.6 Å². The molecule has 0 aliphatic carbocycles. The topological polar surface area (TPSA) is 52.6 Å². The van der Waals surface area contributed by atoms with Crippen molar-refractivity contribution in [2.75, 3.05) is 6.61 Å². The lowest BCUT2D eigenvalue weighted by atomic mass is 10.0. The molecule has 4 aromatic rings. The van der Waals surface area contributed by atoms with E-state index in [0.717, 1.165) is 16.3 Å². The van der Waals surface area contributed by atoms with Crippen LogP contribution in [0.2, 0.25) is 5.02 Å². The summed E-state index contributed by atoms with van der Waals surface area (Å²) in [7, 11) is 0. The van der Waals surface area contributed by atoms with Gasteiger partial charge in [-0.25, -0.2) is 4.79 Å². The molecule has 4 rings (SSSR count). The van der Waals surface area contributed by atoms with E-state index in [4.69, 9.17) is 21.1 Å². The van der Waals surface area contributed by atoms with E-state index in [1.807, 2.05) is 48.5 Å². The van der Waals surface area contributed by atoms with Crippen LogP contribution in [0.3, 0.4) is 0 Å². The SMILES string of the molecule is O=C(OCC(=O)c1cccc2ccccc12)c1ccccc1OCc1ccc(Cl)cc1. The van der Waals surface area contributed by atoms with E-state index < -0.39 is 5.97 Å². The Morgan fingerprint density at radius 3 is 2.26 bits per heavy atom. The van der Waals surface area contributed by atoms with Crippen molar-refractivity contribution < 1.29 is 19.1 Å². The van der Waals surface area contributed by atoms with Gasteiger partial charge in [-0.2, -0.15) is 0 Å². The molecule has 0 saturated carbocycles. The number of halogens is 1. The number of ether oxygens (including phenoxy) is 2. The fourth-order valence-corrected chi connectivity index (χ4v) is 3.38. The minimum atomic E-state index is -0.611. The minimum absolute atomic E-state index is 0.260. The van der Waals surface area contributed by atoms with Crippen molar-refractivity contribution >= 4 is 34.1 Å². The molecule has 0 unspecified atom stereocenters. The van der Waals surface area contributed by atoms with Crippen LogP contribution in [0.25, 0.3) is 10.8 Å². The highest BCUT2D eigenvalue weighted by Crippen LogP contribution is 2.22. The molecule has 4 nitrogen and oxygen atoms in total. The zero-order valence-corrected chi connectivity index (χ0v) is 17.3. The second-order valence-electron chi connectivity index (χ2n) is 6.94. The molecule has 0 amide bonds. The molecule has 0 heterocycles. The van der Waals surface area contributed by atoms with Gasteiger partial charge < -0.3 is 9.47 Å². The Morgan fingerprint density at radius 2 is 1.42 bits per heavy atom. The Morgan fingerprint density at radius 1 is 0.742 bits per heavy atom. The van der Waals surface area contributed by atoms with Crippen molar-refractivity contribution in [2.24, 2.45) is 0 Å². The van der Waals surface area contributed by atoms with Gasteiger partial charge in [-0.1, -0.05) is 78.3 Å². The van der Waals surface area contributed by atoms with Crippen LogP contribution < -0.4 is 4.74 Å². The van der Waals surface area contributed by atoms with Gasteiger partial charge in [0.1, 0.15) is 17.9 Å². The van der Waals surface area contributed by atoms with Crippen LogP contribution in [-0.2, 0) is 11.3 Å². The maximum atomic E-state index is 12.7. The van der Waals surface area contributed by atoms with Crippen LogP contribution in [0.4, 0.5) is 0 Å². The number of carbonyl (C=O) groups is 2. The third-order valence-electron chi connectivity index (χ3n) is 4.84. The predicted molar refractivity (Wildman–Crippen MR) is 121 cm³/mol. The van der Waals surface area contributed by atoms with Crippen molar-refractivity contribution in [3.05, 3.63) is 113 Å². The first-order chi connectivity index (χ1) is 15.1. The Balaban J connectivity index is 1.44. The minimum Gasteiger partial charge on any atom is -0.488 e. The summed E-state index contributed by atoms with van der Waals surface area (Å²) in [6.07, 6.45) is 0. The number of ketones is 1. The fraction of sp³-hybridized carbons (Fsp3) is 0.0769. The molecule has 0 aromatic heterocycles. The molecule has 0 atom stereocenters. The van der Waals surface area contributed by atoms with Crippen LogP contribution in [0, 0.1) is 0 Å². The number of esters is 1. The maximum Gasteiger partial charge on any atom is 0.342 e. The van der Waals surface area contributed by atoms with Crippen molar-refractivity contribution in [3.63, 3.8) is 0 Å². The summed E-state index contributed by atoms with van der Waals surface area (Å²) in [5.74, 6) is -0.481. The van der Waals surface area contributed by atoms with Crippen LogP contribution in [0.5, 0.6) is 5.75 Å². The molecular weight excluding hydrogens is 412 g/mol. The van der Waals surface area contributed by atoms with Gasteiger partial charge in [0.2, 0.25) is 5.78 Å². The van der Waals surface area contributed by atoms with E-state index >= 15 is 0 Å². The van der Waals surface area contributed by atoms with Crippen molar-refractivity contribution in [1.82, 2.24) is 0 Å². The van der Waals surface area contributed by atoms with Gasteiger partial charge in [0.15, 0.2) is 6.61 Å². The Kier molecular flexibility index (Phi) is 6.29. The van der Waals surface area contributed by atoms with Gasteiger partial charge in [-0.3, -0.25) is 4.79 Å². The molecule has 0 radical (unpaired) electrons. The highest BCUT2D eigenvalue weighted by molar-refractivity contribution is 6.30. The number of rotatable bonds is 7. The molecule has 0 N–H and O–H groups in total. The van der Waals surface area contributed by atoms with E-state index in [-0.39, 0.29) is 24.6 Å². The van der Waals surface area contributed by atoms with E-state index in [1.54, 1.807) is 42.5 Å². The zero-order valence-electron chi connectivity index (χ0n) is 16.6. The van der Waals surface area contributed by atoms with E-state index in [2.05, 4.69) is 0 Å². The molecule has 0 bridgehead atoms. The number of benzene rings is 4. The summed E-state index contributed by atoms with van der Waals surface area (Å²) in [4.78, 5) is 25.3. The molecule has 154 valence electrons. The lowest BCUT2D eigenvalue weighted by Crippen LogP contribution is -2.15. The van der Waals surface area contributed by atoms with Crippen molar-refractivity contribution in [2.45, 2.75) is 6.61 Å². The largest absolute Gasteiger partial charge is 0.488 e. The monoisotopic (exact) mass is 430 g/mol. The Labute approximate surface area is 185 Å². The van der Waals surface area contributed by atoms with Crippen molar-refractivity contribution in [1.29, 1.82) is 0 Å². The first-order valence-electron chi connectivity index (χ1n) is 9.76. The Hall–Kier alpha value is -3.63. The lowest BCUT2D eigenvalue weighted by molar-refractivity contribution is 0.0470. The normalized spacial score (nSPS) is 10.6. The quantitative estimate of drug-likeness (QED) is 0.262. The van der Waals surface area contributed by atoms with Crippen molar-refractivity contribution in [3.8, 4) is 5.75 Å². The summed E-state index contributed by atoms with van der Waals surface area (Å²) in [5.41, 5.74) is 1.71. The number of carbonyl (C=O) groups excluding carboxylic acids is 2.